The normalized spacial score (nSPS) is 20.5. The van der Waals surface area contributed by atoms with E-state index in [-0.39, 0.29) is 0 Å². The Morgan fingerprint density at radius 2 is 1.63 bits per heavy atom. The third-order valence-corrected chi connectivity index (χ3v) is 4.26. The van der Waals surface area contributed by atoms with E-state index in [0.29, 0.717) is 10.8 Å². The molecule has 1 aliphatic carbocycles. The largest absolute Gasteiger partial charge is 0.316 e. The van der Waals surface area contributed by atoms with Crippen LogP contribution in [-0.4, -0.2) is 38.1 Å². The van der Waals surface area contributed by atoms with Crippen LogP contribution in [0.2, 0.25) is 0 Å². The Balaban J connectivity index is 2.61. The summed E-state index contributed by atoms with van der Waals surface area (Å²) >= 11 is 0. The first-order chi connectivity index (χ1) is 8.87. The van der Waals surface area contributed by atoms with E-state index in [1.54, 1.807) is 0 Å². The molecule has 0 aromatic rings. The molecule has 0 bridgehead atoms. The van der Waals surface area contributed by atoms with Crippen molar-refractivity contribution in [3.63, 3.8) is 0 Å². The van der Waals surface area contributed by atoms with Crippen LogP contribution in [0.25, 0.3) is 0 Å². The van der Waals surface area contributed by atoms with Crippen LogP contribution in [0.1, 0.15) is 66.2 Å². The van der Waals surface area contributed by atoms with Crippen molar-refractivity contribution in [2.75, 3.05) is 33.2 Å². The van der Waals surface area contributed by atoms with E-state index < -0.39 is 0 Å². The average molecular weight is 268 g/mol. The molecule has 0 radical (unpaired) electrons. The Kier molecular flexibility index (Phi) is 6.82. The van der Waals surface area contributed by atoms with E-state index in [9.17, 15) is 0 Å². The number of nitrogens with zero attached hydrogens (tertiary/aromatic N) is 1. The summed E-state index contributed by atoms with van der Waals surface area (Å²) in [7, 11) is 2.31. The summed E-state index contributed by atoms with van der Waals surface area (Å²) < 4.78 is 0. The van der Waals surface area contributed by atoms with Crippen LogP contribution in [0.3, 0.4) is 0 Å². The van der Waals surface area contributed by atoms with Gasteiger partial charge in [-0.25, -0.2) is 0 Å². The second kappa shape index (κ2) is 7.64. The van der Waals surface area contributed by atoms with Crippen molar-refractivity contribution in [1.29, 1.82) is 0 Å². The lowest BCUT2D eigenvalue weighted by atomic mass is 9.79. The molecule has 1 saturated carbocycles. The van der Waals surface area contributed by atoms with E-state index >= 15 is 0 Å². The minimum atomic E-state index is 0.402. The average Bonchev–Trinajstić information content (AvgIpc) is 2.50. The van der Waals surface area contributed by atoms with Gasteiger partial charge in [-0.05, 0) is 37.3 Å². The molecule has 114 valence electrons. The van der Waals surface area contributed by atoms with Gasteiger partial charge in [0.1, 0.15) is 0 Å². The Morgan fingerprint density at radius 3 is 2.11 bits per heavy atom. The minimum absolute atomic E-state index is 0.402. The molecule has 1 N–H and O–H groups in total. The van der Waals surface area contributed by atoms with Crippen LogP contribution in [0.4, 0.5) is 0 Å². The van der Waals surface area contributed by atoms with Gasteiger partial charge < -0.3 is 10.2 Å². The van der Waals surface area contributed by atoms with Crippen LogP contribution in [0.15, 0.2) is 0 Å². The van der Waals surface area contributed by atoms with Gasteiger partial charge in [0.15, 0.2) is 0 Å². The van der Waals surface area contributed by atoms with Gasteiger partial charge in [0.25, 0.3) is 0 Å². The molecule has 19 heavy (non-hydrogen) atoms. The highest BCUT2D eigenvalue weighted by atomic mass is 15.1. The standard InChI is InChI=1S/C17H36N2/c1-6-18-13-17(11-9-7-8-10-12-17)15-19(5)14-16(2,3)4/h18H,6-15H2,1-5H3. The second-order valence-electron chi connectivity index (χ2n) is 7.93. The van der Waals surface area contributed by atoms with Crippen molar-refractivity contribution >= 4 is 0 Å². The molecule has 0 aliphatic heterocycles. The van der Waals surface area contributed by atoms with E-state index in [1.807, 2.05) is 0 Å². The zero-order chi connectivity index (χ0) is 14.4. The van der Waals surface area contributed by atoms with Gasteiger partial charge in [0.05, 0.1) is 0 Å². The summed E-state index contributed by atoms with van der Waals surface area (Å²) in [5, 5.41) is 3.63. The molecule has 0 aromatic carbocycles. The molecule has 0 atom stereocenters. The minimum Gasteiger partial charge on any atom is -0.316 e. The zero-order valence-corrected chi connectivity index (χ0v) is 14.0. The summed E-state index contributed by atoms with van der Waals surface area (Å²) in [6, 6.07) is 0. The SMILES string of the molecule is CCNCC1(CN(C)CC(C)(C)C)CCCCCC1. The van der Waals surface area contributed by atoms with Crippen molar-refractivity contribution in [3.8, 4) is 0 Å². The molecular formula is C17H36N2. The lowest BCUT2D eigenvalue weighted by Gasteiger charge is -2.39. The van der Waals surface area contributed by atoms with E-state index in [4.69, 9.17) is 0 Å². The highest BCUT2D eigenvalue weighted by molar-refractivity contribution is 4.87. The van der Waals surface area contributed by atoms with Crippen LogP contribution >= 0.6 is 0 Å². The third kappa shape index (κ3) is 6.76. The van der Waals surface area contributed by atoms with Gasteiger partial charge in [0, 0.05) is 19.6 Å². The Bertz CT molecular complexity index is 234. The molecule has 0 saturated heterocycles. The maximum atomic E-state index is 3.63. The maximum Gasteiger partial charge on any atom is 0.00473 e. The van der Waals surface area contributed by atoms with Crippen LogP contribution < -0.4 is 5.32 Å². The molecule has 0 aromatic heterocycles. The first-order valence-corrected chi connectivity index (χ1v) is 8.26. The second-order valence-corrected chi connectivity index (χ2v) is 7.93. The maximum absolute atomic E-state index is 3.63. The Morgan fingerprint density at radius 1 is 1.05 bits per heavy atom. The lowest BCUT2D eigenvalue weighted by molar-refractivity contribution is 0.119. The summed E-state index contributed by atoms with van der Waals surface area (Å²) in [5.41, 5.74) is 0.922. The van der Waals surface area contributed by atoms with Crippen LogP contribution in [-0.2, 0) is 0 Å². The fourth-order valence-electron chi connectivity index (χ4n) is 3.70. The summed E-state index contributed by atoms with van der Waals surface area (Å²) in [4.78, 5) is 2.57. The van der Waals surface area contributed by atoms with Crippen molar-refractivity contribution < 1.29 is 0 Å². The molecular weight excluding hydrogens is 232 g/mol. The highest BCUT2D eigenvalue weighted by Crippen LogP contribution is 2.35. The molecule has 0 spiro atoms. The molecule has 1 rings (SSSR count). The van der Waals surface area contributed by atoms with E-state index in [0.717, 1.165) is 6.54 Å². The smallest absolute Gasteiger partial charge is 0.00473 e. The first kappa shape index (κ1) is 17.0. The zero-order valence-electron chi connectivity index (χ0n) is 14.0. The topological polar surface area (TPSA) is 15.3 Å². The van der Waals surface area contributed by atoms with Crippen molar-refractivity contribution in [3.05, 3.63) is 0 Å². The Hall–Kier alpha value is -0.0800. The van der Waals surface area contributed by atoms with E-state index in [1.165, 1.54) is 58.2 Å². The van der Waals surface area contributed by atoms with Crippen LogP contribution in [0, 0.1) is 10.8 Å². The summed E-state index contributed by atoms with van der Waals surface area (Å²) in [6.45, 7) is 14.0. The number of hydrogen-bond donors (Lipinski definition) is 1. The quantitative estimate of drug-likeness (QED) is 0.735. The number of hydrogen-bond acceptors (Lipinski definition) is 2. The van der Waals surface area contributed by atoms with Gasteiger partial charge >= 0.3 is 0 Å². The molecule has 2 nitrogen and oxygen atoms in total. The molecule has 2 heteroatoms. The van der Waals surface area contributed by atoms with Crippen LogP contribution in [0.5, 0.6) is 0 Å². The highest BCUT2D eigenvalue weighted by Gasteiger charge is 2.32. The van der Waals surface area contributed by atoms with Crippen molar-refractivity contribution in [1.82, 2.24) is 10.2 Å². The predicted molar refractivity (Wildman–Crippen MR) is 85.6 cm³/mol. The molecule has 0 amide bonds. The van der Waals surface area contributed by atoms with Gasteiger partial charge in [-0.3, -0.25) is 0 Å². The fraction of sp³-hybridized carbons (Fsp3) is 1.00. The monoisotopic (exact) mass is 268 g/mol. The Labute approximate surface area is 121 Å². The number of rotatable bonds is 6. The molecule has 1 fully saturated rings. The third-order valence-electron chi connectivity index (χ3n) is 4.26. The summed E-state index contributed by atoms with van der Waals surface area (Å²) in [5.74, 6) is 0. The lowest BCUT2D eigenvalue weighted by Crippen LogP contribution is -2.44. The molecule has 0 unspecified atom stereocenters. The molecule has 0 heterocycles. The molecule has 1 aliphatic rings. The van der Waals surface area contributed by atoms with E-state index in [2.05, 4.69) is 45.0 Å². The first-order valence-electron chi connectivity index (χ1n) is 8.26. The van der Waals surface area contributed by atoms with Gasteiger partial charge in [-0.2, -0.15) is 0 Å². The fourth-order valence-corrected chi connectivity index (χ4v) is 3.70. The van der Waals surface area contributed by atoms with Gasteiger partial charge in [-0.15, -0.1) is 0 Å². The number of nitrogens with one attached hydrogen (secondary N) is 1. The van der Waals surface area contributed by atoms with Gasteiger partial charge in [-0.1, -0.05) is 53.4 Å². The predicted octanol–water partition coefficient (Wildman–Crippen LogP) is 3.91. The van der Waals surface area contributed by atoms with Crippen molar-refractivity contribution in [2.24, 2.45) is 10.8 Å². The summed E-state index contributed by atoms with van der Waals surface area (Å²) in [6.07, 6.45) is 8.56. The van der Waals surface area contributed by atoms with Crippen molar-refractivity contribution in [2.45, 2.75) is 66.2 Å². The van der Waals surface area contributed by atoms with Gasteiger partial charge in [0.2, 0.25) is 0 Å².